The maximum atomic E-state index is 13.3. The van der Waals surface area contributed by atoms with E-state index < -0.39 is 5.97 Å². The fourth-order valence-electron chi connectivity index (χ4n) is 3.95. The second kappa shape index (κ2) is 11.0. The lowest BCUT2D eigenvalue weighted by molar-refractivity contribution is -0.141. The average molecular weight is 491 g/mol. The van der Waals surface area contributed by atoms with Gasteiger partial charge in [0.05, 0.1) is 31.5 Å². The summed E-state index contributed by atoms with van der Waals surface area (Å²) in [5, 5.41) is 0. The third-order valence-corrected chi connectivity index (χ3v) is 6.75. The van der Waals surface area contributed by atoms with Crippen LogP contribution in [0.4, 0.5) is 0 Å². The van der Waals surface area contributed by atoms with Crippen molar-refractivity contribution in [2.45, 2.75) is 18.9 Å². The van der Waals surface area contributed by atoms with Gasteiger partial charge in [-0.2, -0.15) is 4.99 Å². The lowest BCUT2D eigenvalue weighted by Gasteiger charge is -2.16. The lowest BCUT2D eigenvalue weighted by Crippen LogP contribution is -2.22. The SMILES string of the molecule is COC(=O)Cn1c(=NC(=O)CC(c2ccccc2)c2ccccc2)sc2cc(OC)c(OC)cc21. The van der Waals surface area contributed by atoms with Gasteiger partial charge in [-0.15, -0.1) is 0 Å². The van der Waals surface area contributed by atoms with Crippen molar-refractivity contribution in [2.75, 3.05) is 21.3 Å². The molecule has 0 bridgehead atoms. The van der Waals surface area contributed by atoms with E-state index in [1.807, 2.05) is 66.7 Å². The number of benzene rings is 3. The van der Waals surface area contributed by atoms with Gasteiger partial charge in [0.25, 0.3) is 0 Å². The molecule has 1 heterocycles. The van der Waals surface area contributed by atoms with Gasteiger partial charge in [0.2, 0.25) is 5.91 Å². The van der Waals surface area contributed by atoms with Crippen LogP contribution < -0.4 is 14.3 Å². The minimum Gasteiger partial charge on any atom is -0.493 e. The van der Waals surface area contributed by atoms with E-state index in [9.17, 15) is 9.59 Å². The van der Waals surface area contributed by atoms with Crippen LogP contribution in [0.5, 0.6) is 11.5 Å². The molecule has 4 rings (SSSR count). The fourth-order valence-corrected chi connectivity index (χ4v) is 5.01. The minimum atomic E-state index is -0.445. The Morgan fingerprint density at radius 3 is 2.00 bits per heavy atom. The van der Waals surface area contributed by atoms with E-state index in [1.54, 1.807) is 24.9 Å². The summed E-state index contributed by atoms with van der Waals surface area (Å²) in [6.45, 7) is -0.0844. The monoisotopic (exact) mass is 490 g/mol. The average Bonchev–Trinajstić information content (AvgIpc) is 3.22. The summed E-state index contributed by atoms with van der Waals surface area (Å²) >= 11 is 1.30. The molecule has 0 fully saturated rings. The van der Waals surface area contributed by atoms with Crippen molar-refractivity contribution in [2.24, 2.45) is 4.99 Å². The maximum Gasteiger partial charge on any atom is 0.325 e. The van der Waals surface area contributed by atoms with Crippen LogP contribution in [-0.4, -0.2) is 37.8 Å². The molecule has 0 atom stereocenters. The number of esters is 1. The Morgan fingerprint density at radius 1 is 0.886 bits per heavy atom. The molecule has 0 saturated carbocycles. The first-order chi connectivity index (χ1) is 17.0. The quantitative estimate of drug-likeness (QED) is 0.339. The highest BCUT2D eigenvalue weighted by molar-refractivity contribution is 7.16. The van der Waals surface area contributed by atoms with E-state index in [0.29, 0.717) is 21.8 Å². The summed E-state index contributed by atoms with van der Waals surface area (Å²) < 4.78 is 18.2. The van der Waals surface area contributed by atoms with Gasteiger partial charge in [0, 0.05) is 24.5 Å². The Labute approximate surface area is 207 Å². The molecular formula is C27H26N2O5S. The highest BCUT2D eigenvalue weighted by Gasteiger charge is 2.20. The van der Waals surface area contributed by atoms with Crippen LogP contribution in [-0.2, 0) is 20.9 Å². The predicted octanol–water partition coefficient (Wildman–Crippen LogP) is 4.54. The minimum absolute atomic E-state index is 0.0844. The number of nitrogens with zero attached hydrogens (tertiary/aromatic N) is 2. The first-order valence-electron chi connectivity index (χ1n) is 11.0. The normalized spacial score (nSPS) is 11.6. The van der Waals surface area contributed by atoms with E-state index in [0.717, 1.165) is 15.8 Å². The van der Waals surface area contributed by atoms with E-state index in [-0.39, 0.29) is 24.8 Å². The van der Waals surface area contributed by atoms with Crippen LogP contribution in [0.25, 0.3) is 10.2 Å². The van der Waals surface area contributed by atoms with Gasteiger partial charge in [-0.25, -0.2) is 0 Å². The van der Waals surface area contributed by atoms with Crippen LogP contribution in [0.2, 0.25) is 0 Å². The van der Waals surface area contributed by atoms with E-state index >= 15 is 0 Å². The molecule has 0 saturated heterocycles. The molecule has 0 aliphatic rings. The molecule has 0 N–H and O–H groups in total. The van der Waals surface area contributed by atoms with Crippen molar-refractivity contribution >= 4 is 33.4 Å². The molecule has 1 amide bonds. The van der Waals surface area contributed by atoms with Gasteiger partial charge in [-0.05, 0) is 11.1 Å². The summed E-state index contributed by atoms with van der Waals surface area (Å²) in [5.74, 6) is 0.198. The zero-order valence-electron chi connectivity index (χ0n) is 19.8. The molecule has 0 aliphatic heterocycles. The number of fused-ring (bicyclic) bond motifs is 1. The first kappa shape index (κ1) is 24.2. The Hall–Kier alpha value is -3.91. The van der Waals surface area contributed by atoms with Crippen LogP contribution in [0.15, 0.2) is 77.8 Å². The Balaban J connectivity index is 1.77. The van der Waals surface area contributed by atoms with Crippen molar-refractivity contribution in [3.05, 3.63) is 88.7 Å². The van der Waals surface area contributed by atoms with Gasteiger partial charge >= 0.3 is 5.97 Å². The van der Waals surface area contributed by atoms with Crippen molar-refractivity contribution in [3.8, 4) is 11.5 Å². The highest BCUT2D eigenvalue weighted by Crippen LogP contribution is 2.33. The molecule has 0 spiro atoms. The Kier molecular flexibility index (Phi) is 7.62. The number of methoxy groups -OCH3 is 3. The number of rotatable bonds is 8. The Bertz CT molecular complexity index is 1350. The summed E-state index contributed by atoms with van der Waals surface area (Å²) in [5.41, 5.74) is 2.78. The molecule has 7 nitrogen and oxygen atoms in total. The molecule has 8 heteroatoms. The second-order valence-corrected chi connectivity index (χ2v) is 8.81. The van der Waals surface area contributed by atoms with E-state index in [2.05, 4.69) is 4.99 Å². The van der Waals surface area contributed by atoms with Crippen LogP contribution >= 0.6 is 11.3 Å². The lowest BCUT2D eigenvalue weighted by atomic mass is 9.88. The van der Waals surface area contributed by atoms with Gasteiger partial charge in [0.15, 0.2) is 16.3 Å². The van der Waals surface area contributed by atoms with E-state index in [4.69, 9.17) is 14.2 Å². The highest BCUT2D eigenvalue weighted by atomic mass is 32.1. The fraction of sp³-hybridized carbons (Fsp3) is 0.222. The summed E-state index contributed by atoms with van der Waals surface area (Å²) in [4.78, 5) is 30.3. The maximum absolute atomic E-state index is 13.3. The molecule has 0 radical (unpaired) electrons. The Morgan fingerprint density at radius 2 is 1.46 bits per heavy atom. The zero-order chi connectivity index (χ0) is 24.8. The first-order valence-corrected chi connectivity index (χ1v) is 11.8. The molecule has 35 heavy (non-hydrogen) atoms. The molecule has 3 aromatic carbocycles. The summed E-state index contributed by atoms with van der Waals surface area (Å²) in [7, 11) is 4.43. The van der Waals surface area contributed by atoms with Crippen molar-refractivity contribution < 1.29 is 23.8 Å². The molecule has 0 unspecified atom stereocenters. The molecule has 0 aliphatic carbocycles. The number of ether oxygens (including phenoxy) is 3. The van der Waals surface area contributed by atoms with Crippen LogP contribution in [0.1, 0.15) is 23.5 Å². The summed E-state index contributed by atoms with van der Waals surface area (Å²) in [6.07, 6.45) is 0.188. The second-order valence-electron chi connectivity index (χ2n) is 7.81. The molecule has 4 aromatic rings. The largest absolute Gasteiger partial charge is 0.493 e. The van der Waals surface area contributed by atoms with Gasteiger partial charge in [0.1, 0.15) is 6.54 Å². The molecular weight excluding hydrogens is 464 g/mol. The number of carbonyl (C=O) groups is 2. The van der Waals surface area contributed by atoms with Crippen molar-refractivity contribution in [3.63, 3.8) is 0 Å². The van der Waals surface area contributed by atoms with Gasteiger partial charge in [-0.3, -0.25) is 9.59 Å². The number of aromatic nitrogens is 1. The molecule has 1 aromatic heterocycles. The number of thiazole rings is 1. The number of carbonyl (C=O) groups excluding carboxylic acids is 2. The standard InChI is InChI=1S/C27H26N2O5S/c1-32-22-15-21-24(16-23(22)33-2)35-27(29(21)17-26(31)34-3)28-25(30)14-20(18-10-6-4-7-11-18)19-12-8-5-9-13-19/h4-13,15-16,20H,14,17H2,1-3H3. The topological polar surface area (TPSA) is 79.1 Å². The third-order valence-electron chi connectivity index (χ3n) is 5.71. The van der Waals surface area contributed by atoms with Crippen LogP contribution in [0.3, 0.4) is 0 Å². The van der Waals surface area contributed by atoms with Crippen molar-refractivity contribution in [1.29, 1.82) is 0 Å². The van der Waals surface area contributed by atoms with Gasteiger partial charge in [-0.1, -0.05) is 72.0 Å². The van der Waals surface area contributed by atoms with Gasteiger partial charge < -0.3 is 18.8 Å². The smallest absolute Gasteiger partial charge is 0.325 e. The number of hydrogen-bond donors (Lipinski definition) is 0. The van der Waals surface area contributed by atoms with Crippen molar-refractivity contribution in [1.82, 2.24) is 4.57 Å². The van der Waals surface area contributed by atoms with Crippen LogP contribution in [0, 0.1) is 0 Å². The zero-order valence-corrected chi connectivity index (χ0v) is 20.6. The number of hydrogen-bond acceptors (Lipinski definition) is 6. The molecule has 180 valence electrons. The predicted molar refractivity (Wildman–Crippen MR) is 135 cm³/mol. The van der Waals surface area contributed by atoms with E-state index in [1.165, 1.54) is 18.4 Å². The summed E-state index contributed by atoms with van der Waals surface area (Å²) in [6, 6.07) is 23.4. The number of amides is 1. The third kappa shape index (κ3) is 5.44.